The van der Waals surface area contributed by atoms with E-state index in [1.54, 1.807) is 12.1 Å². The van der Waals surface area contributed by atoms with Crippen molar-refractivity contribution in [3.05, 3.63) is 34.9 Å². The van der Waals surface area contributed by atoms with Gasteiger partial charge in [0.1, 0.15) is 0 Å². The van der Waals surface area contributed by atoms with Crippen molar-refractivity contribution in [1.29, 1.82) is 0 Å². The first kappa shape index (κ1) is 11.8. The Morgan fingerprint density at radius 2 is 1.82 bits per heavy atom. The molecule has 1 heterocycles. The highest BCUT2D eigenvalue weighted by Crippen LogP contribution is 2.24. The molecule has 4 nitrogen and oxygen atoms in total. The van der Waals surface area contributed by atoms with Crippen molar-refractivity contribution in [1.82, 2.24) is 5.06 Å². The monoisotopic (exact) mass is 233 g/mol. The molecule has 0 radical (unpaired) electrons. The molecule has 0 N–H and O–H groups in total. The minimum absolute atomic E-state index is 0.265. The van der Waals surface area contributed by atoms with Crippen molar-refractivity contribution in [2.45, 2.75) is 20.8 Å². The van der Waals surface area contributed by atoms with Gasteiger partial charge in [-0.2, -0.15) is 0 Å². The molecule has 0 aliphatic carbocycles. The number of rotatable bonds is 3. The van der Waals surface area contributed by atoms with Crippen molar-refractivity contribution in [3.63, 3.8) is 0 Å². The minimum atomic E-state index is -0.370. The van der Waals surface area contributed by atoms with Gasteiger partial charge in [0.2, 0.25) is 0 Å². The van der Waals surface area contributed by atoms with E-state index < -0.39 is 0 Å². The number of imide groups is 1. The summed E-state index contributed by atoms with van der Waals surface area (Å²) in [7, 11) is 0. The van der Waals surface area contributed by atoms with Crippen LogP contribution in [0.2, 0.25) is 0 Å². The van der Waals surface area contributed by atoms with Gasteiger partial charge in [0.05, 0.1) is 17.7 Å². The van der Waals surface area contributed by atoms with Crippen LogP contribution in [0.5, 0.6) is 0 Å². The van der Waals surface area contributed by atoms with E-state index in [0.29, 0.717) is 17.7 Å². The Morgan fingerprint density at radius 3 is 2.47 bits per heavy atom. The van der Waals surface area contributed by atoms with Crippen molar-refractivity contribution >= 4 is 11.8 Å². The molecule has 1 aliphatic rings. The number of nitrogens with zero attached hydrogens (tertiary/aromatic N) is 1. The summed E-state index contributed by atoms with van der Waals surface area (Å²) in [4.78, 5) is 29.1. The molecule has 17 heavy (non-hydrogen) atoms. The zero-order valence-corrected chi connectivity index (χ0v) is 10.2. The number of benzene rings is 1. The van der Waals surface area contributed by atoms with Crippen molar-refractivity contribution in [2.75, 3.05) is 6.61 Å². The van der Waals surface area contributed by atoms with E-state index in [9.17, 15) is 9.59 Å². The van der Waals surface area contributed by atoms with Crippen molar-refractivity contribution in [3.8, 4) is 0 Å². The number of hydrogen-bond acceptors (Lipinski definition) is 3. The van der Waals surface area contributed by atoms with Crippen LogP contribution in [0, 0.1) is 12.8 Å². The van der Waals surface area contributed by atoms with Gasteiger partial charge < -0.3 is 0 Å². The molecule has 0 aromatic heterocycles. The summed E-state index contributed by atoms with van der Waals surface area (Å²) in [5.74, 6) is -0.471. The minimum Gasteiger partial charge on any atom is -0.266 e. The topological polar surface area (TPSA) is 46.6 Å². The standard InChI is InChI=1S/C13H15NO3/c1-8(2)7-17-14-12(15)10-5-4-9(3)6-11(10)13(14)16/h4-6,8H,7H2,1-3H3. The van der Waals surface area contributed by atoms with Crippen LogP contribution in [0.15, 0.2) is 18.2 Å². The lowest BCUT2D eigenvalue weighted by atomic mass is 10.1. The molecule has 2 rings (SSSR count). The van der Waals surface area contributed by atoms with Gasteiger partial charge in [-0.1, -0.05) is 25.5 Å². The maximum atomic E-state index is 12.0. The zero-order chi connectivity index (χ0) is 12.6. The lowest BCUT2D eigenvalue weighted by Gasteiger charge is -2.14. The fourth-order valence-electron chi connectivity index (χ4n) is 1.67. The average molecular weight is 233 g/mol. The van der Waals surface area contributed by atoms with Gasteiger partial charge >= 0.3 is 0 Å². The van der Waals surface area contributed by atoms with Crippen LogP contribution >= 0.6 is 0 Å². The molecule has 1 aromatic carbocycles. The number of hydrogen-bond donors (Lipinski definition) is 0. The second-order valence-corrected chi connectivity index (χ2v) is 4.64. The first-order valence-corrected chi connectivity index (χ1v) is 5.63. The summed E-state index contributed by atoms with van der Waals surface area (Å²) >= 11 is 0. The molecule has 0 bridgehead atoms. The highest BCUT2D eigenvalue weighted by Gasteiger charge is 2.36. The van der Waals surface area contributed by atoms with Crippen LogP contribution in [0.3, 0.4) is 0 Å². The normalized spacial score (nSPS) is 14.7. The maximum Gasteiger partial charge on any atom is 0.285 e. The summed E-state index contributed by atoms with van der Waals surface area (Å²) < 4.78 is 0. The lowest BCUT2D eigenvalue weighted by Crippen LogP contribution is -2.31. The number of fused-ring (bicyclic) bond motifs is 1. The molecular weight excluding hydrogens is 218 g/mol. The van der Waals surface area contributed by atoms with Crippen LogP contribution in [-0.4, -0.2) is 23.5 Å². The number of carbonyl (C=O) groups excluding carboxylic acids is 2. The summed E-state index contributed by atoms with van der Waals surface area (Å²) in [5, 5.41) is 0.865. The fraction of sp³-hybridized carbons (Fsp3) is 0.385. The molecule has 0 fully saturated rings. The van der Waals surface area contributed by atoms with E-state index in [0.717, 1.165) is 10.6 Å². The van der Waals surface area contributed by atoms with Gasteiger partial charge in [-0.25, -0.2) is 0 Å². The second kappa shape index (κ2) is 4.30. The molecule has 90 valence electrons. The molecule has 1 aliphatic heterocycles. The van der Waals surface area contributed by atoms with E-state index in [4.69, 9.17) is 4.84 Å². The number of amides is 2. The highest BCUT2D eigenvalue weighted by molar-refractivity contribution is 6.20. The molecule has 4 heteroatoms. The van der Waals surface area contributed by atoms with Crippen molar-refractivity contribution in [2.24, 2.45) is 5.92 Å². The fourth-order valence-corrected chi connectivity index (χ4v) is 1.67. The molecular formula is C13H15NO3. The number of aryl methyl sites for hydroxylation is 1. The number of carbonyl (C=O) groups is 2. The van der Waals surface area contributed by atoms with Crippen LogP contribution in [0.1, 0.15) is 40.1 Å². The van der Waals surface area contributed by atoms with E-state index in [1.807, 2.05) is 26.8 Å². The third-order valence-corrected chi connectivity index (χ3v) is 2.54. The summed E-state index contributed by atoms with van der Waals surface area (Å²) in [5.41, 5.74) is 1.80. The molecule has 0 unspecified atom stereocenters. The first-order chi connectivity index (χ1) is 8.00. The first-order valence-electron chi connectivity index (χ1n) is 5.63. The van der Waals surface area contributed by atoms with Gasteiger partial charge in [0.25, 0.3) is 11.8 Å². The predicted molar refractivity (Wildman–Crippen MR) is 62.5 cm³/mol. The van der Waals surface area contributed by atoms with E-state index in [-0.39, 0.29) is 17.7 Å². The van der Waals surface area contributed by atoms with Gasteiger partial charge in [0.15, 0.2) is 0 Å². The lowest BCUT2D eigenvalue weighted by molar-refractivity contribution is -0.0996. The number of hydroxylamine groups is 2. The third kappa shape index (κ3) is 2.08. The van der Waals surface area contributed by atoms with Crippen LogP contribution in [0.25, 0.3) is 0 Å². The Balaban J connectivity index is 2.26. The SMILES string of the molecule is Cc1ccc2c(c1)C(=O)N(OCC(C)C)C2=O. The van der Waals surface area contributed by atoms with Gasteiger partial charge in [-0.05, 0) is 25.0 Å². The van der Waals surface area contributed by atoms with E-state index >= 15 is 0 Å². The molecule has 0 atom stereocenters. The quantitative estimate of drug-likeness (QED) is 0.752. The van der Waals surface area contributed by atoms with Gasteiger partial charge in [-0.15, -0.1) is 5.06 Å². The summed E-state index contributed by atoms with van der Waals surface area (Å²) in [6.07, 6.45) is 0. The van der Waals surface area contributed by atoms with E-state index in [1.165, 1.54) is 0 Å². The Kier molecular flexibility index (Phi) is 2.98. The highest BCUT2D eigenvalue weighted by atomic mass is 16.7. The van der Waals surface area contributed by atoms with Crippen LogP contribution in [-0.2, 0) is 4.84 Å². The molecule has 0 spiro atoms. The molecule has 2 amide bonds. The smallest absolute Gasteiger partial charge is 0.266 e. The molecule has 0 saturated carbocycles. The Bertz CT molecular complexity index is 480. The zero-order valence-electron chi connectivity index (χ0n) is 10.2. The maximum absolute atomic E-state index is 12.0. The Hall–Kier alpha value is -1.68. The Labute approximate surface area is 100 Å². The largest absolute Gasteiger partial charge is 0.285 e. The average Bonchev–Trinajstić information content (AvgIpc) is 2.49. The molecule has 1 aromatic rings. The van der Waals surface area contributed by atoms with Crippen LogP contribution in [0.4, 0.5) is 0 Å². The predicted octanol–water partition coefficient (Wildman–Crippen LogP) is 2.18. The van der Waals surface area contributed by atoms with Crippen molar-refractivity contribution < 1.29 is 14.4 Å². The van der Waals surface area contributed by atoms with E-state index in [2.05, 4.69) is 0 Å². The second-order valence-electron chi connectivity index (χ2n) is 4.64. The van der Waals surface area contributed by atoms with Crippen LogP contribution < -0.4 is 0 Å². The van der Waals surface area contributed by atoms with Gasteiger partial charge in [-0.3, -0.25) is 14.4 Å². The third-order valence-electron chi connectivity index (χ3n) is 2.54. The Morgan fingerprint density at radius 1 is 1.18 bits per heavy atom. The summed E-state index contributed by atoms with van der Waals surface area (Å²) in [6, 6.07) is 5.20. The summed E-state index contributed by atoms with van der Waals surface area (Å²) in [6.45, 7) is 6.16. The molecule has 0 saturated heterocycles. The van der Waals surface area contributed by atoms with Gasteiger partial charge in [0, 0.05) is 0 Å².